The SMILES string of the molecule is c1ccc(-c2cc(-c3ccc(-n4c5ccccc5c5c6sc7ccccc7c6c6ccccc6c54)nc3)cc(-c3ccccc3)n2)cc1.c1ccc(-c2cc(-c3cnc(-n4c5ccccc5c5c6ccccc6c6c7ccccc7sc6c54)nc3)nc(-c3ccccc3)n2)cc1.c1ccc(-c2nc(-c3ccccc3)nc(-c3ccc(-n4c5ccc6ccccc6c5c5ccc6c7ccccc7sc6c54)nc3)n2)cc1. The van der Waals surface area contributed by atoms with Crippen LogP contribution in [0.15, 0.2) is 468 Å². The summed E-state index contributed by atoms with van der Waals surface area (Å²) in [6, 6.07) is 155. The first kappa shape index (κ1) is 83.6. The van der Waals surface area contributed by atoms with Crippen LogP contribution in [0, 0.1) is 0 Å². The molecule has 0 saturated heterocycles. The first-order valence-corrected chi connectivity index (χ1v) is 50.4. The highest BCUT2D eigenvalue weighted by Crippen LogP contribution is 2.52. The maximum atomic E-state index is 5.18. The minimum atomic E-state index is 0.585. The molecule has 0 aliphatic rings. The summed E-state index contributed by atoms with van der Waals surface area (Å²) < 4.78 is 14.6. The minimum Gasteiger partial charge on any atom is -0.293 e. The van der Waals surface area contributed by atoms with Gasteiger partial charge in [0.2, 0.25) is 5.95 Å². The van der Waals surface area contributed by atoms with Gasteiger partial charge in [0.15, 0.2) is 23.3 Å². The molecule has 13 nitrogen and oxygen atoms in total. The highest BCUT2D eigenvalue weighted by molar-refractivity contribution is 7.28. The highest BCUT2D eigenvalue weighted by Gasteiger charge is 2.28. The Morgan fingerprint density at radius 3 is 1.10 bits per heavy atom. The molecule has 0 aliphatic carbocycles. The molecule has 0 bridgehead atoms. The van der Waals surface area contributed by atoms with Crippen LogP contribution in [0.5, 0.6) is 0 Å². The summed E-state index contributed by atoms with van der Waals surface area (Å²) in [6.07, 6.45) is 7.67. The number of thiophene rings is 3. The fraction of sp³-hybridized carbons (Fsp3) is 0. The summed E-state index contributed by atoms with van der Waals surface area (Å²) >= 11 is 5.57. The number of para-hydroxylation sites is 2. The molecule has 0 spiro atoms. The van der Waals surface area contributed by atoms with Gasteiger partial charge in [0, 0.05) is 164 Å². The lowest BCUT2D eigenvalue weighted by Crippen LogP contribution is -2.02. The zero-order valence-corrected chi connectivity index (χ0v) is 79.4. The third-order valence-electron chi connectivity index (χ3n) is 27.6. The van der Waals surface area contributed by atoms with Crippen LogP contribution in [0.4, 0.5) is 0 Å². The minimum absolute atomic E-state index is 0.585. The first-order valence-electron chi connectivity index (χ1n) is 48.0. The van der Waals surface area contributed by atoms with Crippen molar-refractivity contribution >= 4 is 192 Å². The van der Waals surface area contributed by atoms with Gasteiger partial charge in [0.1, 0.15) is 11.6 Å². The predicted octanol–water partition coefficient (Wildman–Crippen LogP) is 33.9. The Kier molecular flexibility index (Phi) is 20.2. The average Bonchev–Trinajstić information content (AvgIpc) is 1.52. The Morgan fingerprint density at radius 1 is 0.174 bits per heavy atom. The van der Waals surface area contributed by atoms with Crippen LogP contribution in [-0.4, -0.2) is 63.5 Å². The standard InChI is InChI=1S/C44H27N3S.2C42H25N5S/c1-3-13-28(14-4-1)36-25-31(26-37(46-36)29-15-5-2-6-16-29)30-23-24-40(45-27-30)47-38-21-11-9-19-34(38)42-43(47)33-18-8-7-17-32(33)41-35-20-10-12-22-39(35)48-44(41)42;1-3-13-26(14-4-1)33-23-34(46-41(45-33)27-15-5-2-6-16-27)28-24-43-42(44-25-28)47-35-21-11-9-19-31(35)37-29-17-7-8-18-30(29)38-32-20-10-12-22-36(32)48-40(38)39(37)47;1-3-12-27(13-4-1)40-44-41(28-14-5-2-6-15-28)46-42(45-40)29-20-24-36(43-25-29)47-34-23-19-26-11-7-8-16-30(26)37(34)33-22-21-32-31-17-9-10-18-35(31)48-39(32)38(33)47/h1-27H;2*1-25H. The summed E-state index contributed by atoms with van der Waals surface area (Å²) in [6.45, 7) is 0. The Hall–Kier alpha value is -18.6. The van der Waals surface area contributed by atoms with E-state index in [1.807, 2.05) is 186 Å². The van der Waals surface area contributed by atoms with Crippen molar-refractivity contribution in [3.63, 3.8) is 0 Å². The molecule has 12 aromatic heterocycles. The molecule has 0 atom stereocenters. The fourth-order valence-corrected chi connectivity index (χ4v) is 24.9. The first-order chi connectivity index (χ1) is 71.4. The smallest absolute Gasteiger partial charge is 0.234 e. The molecule has 144 heavy (non-hydrogen) atoms. The number of hydrogen-bond donors (Lipinski definition) is 0. The van der Waals surface area contributed by atoms with Gasteiger partial charge in [0.05, 0.1) is 65.3 Å². The lowest BCUT2D eigenvalue weighted by Gasteiger charge is -2.12. The van der Waals surface area contributed by atoms with Gasteiger partial charge in [0.25, 0.3) is 0 Å². The lowest BCUT2D eigenvalue weighted by molar-refractivity contribution is 0.991. The molecule has 0 radical (unpaired) electrons. The normalized spacial score (nSPS) is 11.8. The van der Waals surface area contributed by atoms with Crippen molar-refractivity contribution in [2.45, 2.75) is 0 Å². The van der Waals surface area contributed by atoms with E-state index in [2.05, 4.69) is 329 Å². The van der Waals surface area contributed by atoms with Gasteiger partial charge in [-0.05, 0) is 111 Å². The number of hydrogen-bond acceptors (Lipinski definition) is 13. The fourth-order valence-electron chi connectivity index (χ4n) is 21.1. The van der Waals surface area contributed by atoms with Crippen molar-refractivity contribution in [1.29, 1.82) is 0 Å². The quantitative estimate of drug-likeness (QED) is 0.116. The Labute approximate surface area is 836 Å². The second kappa shape index (κ2) is 34.8. The lowest BCUT2D eigenvalue weighted by atomic mass is 9.99. The molecular formula is C128H77N13S3. The summed E-state index contributed by atoms with van der Waals surface area (Å²) in [5, 5.41) is 22.6. The molecule has 0 saturated carbocycles. The maximum Gasteiger partial charge on any atom is 0.234 e. The third kappa shape index (κ3) is 14.2. The van der Waals surface area contributed by atoms with Crippen LogP contribution in [0.3, 0.4) is 0 Å². The van der Waals surface area contributed by atoms with Crippen molar-refractivity contribution < 1.29 is 0 Å². The Bertz CT molecular complexity index is 9980. The van der Waals surface area contributed by atoms with E-state index in [-0.39, 0.29) is 0 Å². The van der Waals surface area contributed by atoms with E-state index >= 15 is 0 Å². The monoisotopic (exact) mass is 1890 g/mol. The van der Waals surface area contributed by atoms with Crippen LogP contribution in [-0.2, 0) is 0 Å². The number of aromatic nitrogens is 13. The molecule has 18 aromatic carbocycles. The second-order valence-electron chi connectivity index (χ2n) is 36.0. The van der Waals surface area contributed by atoms with Gasteiger partial charge in [-0.2, -0.15) is 0 Å². The van der Waals surface area contributed by atoms with Gasteiger partial charge in [-0.1, -0.05) is 364 Å². The van der Waals surface area contributed by atoms with Gasteiger partial charge in [-0.3, -0.25) is 13.7 Å². The predicted molar refractivity (Wildman–Crippen MR) is 600 cm³/mol. The molecule has 30 rings (SSSR count). The number of fused-ring (bicyclic) bond motifs is 29. The summed E-state index contributed by atoms with van der Waals surface area (Å²) in [4.78, 5) is 50.1. The van der Waals surface area contributed by atoms with Crippen LogP contribution in [0.25, 0.3) is 278 Å². The number of nitrogens with zero attached hydrogens (tertiary/aromatic N) is 13. The van der Waals surface area contributed by atoms with E-state index in [9.17, 15) is 0 Å². The zero-order chi connectivity index (χ0) is 94.8. The summed E-state index contributed by atoms with van der Waals surface area (Å²) in [5.74, 6) is 4.88. The van der Waals surface area contributed by atoms with Crippen molar-refractivity contribution in [2.24, 2.45) is 0 Å². The van der Waals surface area contributed by atoms with E-state index in [1.54, 1.807) is 0 Å². The van der Waals surface area contributed by atoms with E-state index in [0.29, 0.717) is 29.2 Å². The van der Waals surface area contributed by atoms with Crippen LogP contribution >= 0.6 is 34.0 Å². The number of benzene rings is 18. The van der Waals surface area contributed by atoms with Crippen LogP contribution in [0.2, 0.25) is 0 Å². The average molecular weight is 1890 g/mol. The molecule has 12 heterocycles. The van der Waals surface area contributed by atoms with Crippen LogP contribution < -0.4 is 0 Å². The molecule has 0 unspecified atom stereocenters. The van der Waals surface area contributed by atoms with E-state index in [4.69, 9.17) is 49.8 Å². The highest BCUT2D eigenvalue weighted by atomic mass is 32.1. The van der Waals surface area contributed by atoms with E-state index in [1.165, 1.54) is 136 Å². The van der Waals surface area contributed by atoms with E-state index in [0.717, 1.165) is 112 Å². The molecular weight excluding hydrogens is 1820 g/mol. The molecule has 30 aromatic rings. The topological polar surface area (TPSA) is 144 Å². The van der Waals surface area contributed by atoms with Gasteiger partial charge in [-0.25, -0.2) is 49.8 Å². The third-order valence-corrected chi connectivity index (χ3v) is 31.2. The summed E-state index contributed by atoms with van der Waals surface area (Å²) in [7, 11) is 0. The molecule has 0 aliphatic heterocycles. The Morgan fingerprint density at radius 2 is 0.556 bits per heavy atom. The molecule has 0 fully saturated rings. The van der Waals surface area contributed by atoms with Crippen molar-refractivity contribution in [1.82, 2.24) is 63.5 Å². The summed E-state index contributed by atoms with van der Waals surface area (Å²) in [5.41, 5.74) is 20.2. The van der Waals surface area contributed by atoms with Crippen molar-refractivity contribution in [3.05, 3.63) is 468 Å². The number of pyridine rings is 3. The molecule has 16 heteroatoms. The second-order valence-corrected chi connectivity index (χ2v) is 39.1. The largest absolute Gasteiger partial charge is 0.293 e. The molecule has 672 valence electrons. The molecule has 0 amide bonds. The Balaban J connectivity index is 0.000000105. The van der Waals surface area contributed by atoms with Crippen molar-refractivity contribution in [3.8, 4) is 119 Å². The van der Waals surface area contributed by atoms with Gasteiger partial charge >= 0.3 is 0 Å². The maximum absolute atomic E-state index is 5.18. The van der Waals surface area contributed by atoms with Crippen LogP contribution in [0.1, 0.15) is 0 Å². The molecule has 0 N–H and O–H groups in total. The van der Waals surface area contributed by atoms with Crippen molar-refractivity contribution in [2.75, 3.05) is 0 Å². The zero-order valence-electron chi connectivity index (χ0n) is 77.0. The van der Waals surface area contributed by atoms with Gasteiger partial charge in [-0.15, -0.1) is 34.0 Å². The number of rotatable bonds is 12. The van der Waals surface area contributed by atoms with Gasteiger partial charge < -0.3 is 0 Å². The van der Waals surface area contributed by atoms with E-state index < -0.39 is 0 Å².